The summed E-state index contributed by atoms with van der Waals surface area (Å²) >= 11 is 13.8. The average Bonchev–Trinajstić information content (AvgIpc) is 2.85. The first kappa shape index (κ1) is 16.0. The van der Waals surface area contributed by atoms with Crippen molar-refractivity contribution in [1.29, 1.82) is 0 Å². The number of fused-ring (bicyclic) bond motifs is 1. The van der Waals surface area contributed by atoms with Crippen LogP contribution < -0.4 is 4.90 Å². The number of methoxy groups -OCH3 is 1. The van der Waals surface area contributed by atoms with Gasteiger partial charge in [0.15, 0.2) is 5.13 Å². The number of aromatic nitrogens is 1. The van der Waals surface area contributed by atoms with Crippen LogP contribution in [0.5, 0.6) is 0 Å². The molecule has 1 atom stereocenters. The van der Waals surface area contributed by atoms with Crippen molar-refractivity contribution in [3.05, 3.63) is 24.3 Å². The normalized spacial score (nSPS) is 22.7. The average molecular weight is 359 g/mol. The fourth-order valence-electron chi connectivity index (χ4n) is 2.37. The van der Waals surface area contributed by atoms with E-state index in [0.717, 1.165) is 10.2 Å². The summed E-state index contributed by atoms with van der Waals surface area (Å²) in [5.74, 6) is -0.103. The molecule has 0 saturated heterocycles. The number of ether oxygens (including phenoxy) is 1. The van der Waals surface area contributed by atoms with Crippen molar-refractivity contribution in [1.82, 2.24) is 4.98 Å². The van der Waals surface area contributed by atoms with Crippen molar-refractivity contribution in [2.75, 3.05) is 25.2 Å². The monoisotopic (exact) mass is 358 g/mol. The van der Waals surface area contributed by atoms with Crippen LogP contribution in [-0.4, -0.2) is 35.5 Å². The predicted molar refractivity (Wildman–Crippen MR) is 91.0 cm³/mol. The van der Waals surface area contributed by atoms with E-state index in [9.17, 15) is 4.79 Å². The van der Waals surface area contributed by atoms with E-state index in [1.807, 2.05) is 24.3 Å². The van der Waals surface area contributed by atoms with Crippen LogP contribution in [0.25, 0.3) is 10.2 Å². The maximum absolute atomic E-state index is 12.9. The molecule has 1 aliphatic carbocycles. The Bertz CT molecular complexity index is 685. The van der Waals surface area contributed by atoms with Gasteiger partial charge in [0.1, 0.15) is 4.33 Å². The lowest BCUT2D eigenvalue weighted by Crippen LogP contribution is -2.40. The van der Waals surface area contributed by atoms with Gasteiger partial charge < -0.3 is 4.74 Å². The Balaban J connectivity index is 1.94. The predicted octanol–water partition coefficient (Wildman–Crippen LogP) is 3.86. The Morgan fingerprint density at radius 2 is 2.14 bits per heavy atom. The third-order valence-corrected chi connectivity index (χ3v) is 6.17. The van der Waals surface area contributed by atoms with E-state index in [4.69, 9.17) is 27.9 Å². The summed E-state index contributed by atoms with van der Waals surface area (Å²) in [5.41, 5.74) is 0.114. The number of nitrogens with zero attached hydrogens (tertiary/aromatic N) is 2. The molecule has 1 aromatic heterocycles. The Kier molecular flexibility index (Phi) is 4.10. The highest BCUT2D eigenvalue weighted by Crippen LogP contribution is 2.64. The van der Waals surface area contributed by atoms with Gasteiger partial charge in [-0.3, -0.25) is 9.69 Å². The van der Waals surface area contributed by atoms with Crippen LogP contribution in [0, 0.1) is 5.41 Å². The lowest BCUT2D eigenvalue weighted by atomic mass is 10.1. The molecule has 0 aliphatic heterocycles. The molecule has 118 valence electrons. The minimum atomic E-state index is -0.994. The van der Waals surface area contributed by atoms with Gasteiger partial charge in [-0.15, -0.1) is 23.2 Å². The first-order valence-electron chi connectivity index (χ1n) is 6.93. The zero-order chi connectivity index (χ0) is 16.0. The molecule has 22 heavy (non-hydrogen) atoms. The lowest BCUT2D eigenvalue weighted by molar-refractivity contribution is -0.123. The second-order valence-corrected chi connectivity index (χ2v) is 8.12. The second-order valence-electron chi connectivity index (χ2n) is 5.63. The van der Waals surface area contributed by atoms with Crippen LogP contribution >= 0.6 is 34.5 Å². The Morgan fingerprint density at radius 1 is 1.45 bits per heavy atom. The molecule has 2 aromatic rings. The van der Waals surface area contributed by atoms with Crippen LogP contribution in [0.2, 0.25) is 0 Å². The summed E-state index contributed by atoms with van der Waals surface area (Å²) in [7, 11) is 1.60. The smallest absolute Gasteiger partial charge is 0.237 e. The topological polar surface area (TPSA) is 42.4 Å². The maximum atomic E-state index is 12.9. The van der Waals surface area contributed by atoms with E-state index < -0.39 is 9.75 Å². The molecule has 0 spiro atoms. The fourth-order valence-corrected chi connectivity index (χ4v) is 4.06. The Morgan fingerprint density at radius 3 is 2.73 bits per heavy atom. The van der Waals surface area contributed by atoms with Crippen molar-refractivity contribution in [2.24, 2.45) is 5.41 Å². The molecule has 3 rings (SSSR count). The SMILES string of the molecule is COCCN(C(=O)[C@@]1(C)CC1(Cl)Cl)c1nc2ccccc2s1. The third-order valence-electron chi connectivity index (χ3n) is 4.01. The highest BCUT2D eigenvalue weighted by molar-refractivity contribution is 7.22. The van der Waals surface area contributed by atoms with Crippen LogP contribution in [-0.2, 0) is 9.53 Å². The molecule has 0 N–H and O–H groups in total. The van der Waals surface area contributed by atoms with E-state index in [2.05, 4.69) is 4.98 Å². The van der Waals surface area contributed by atoms with Gasteiger partial charge in [-0.2, -0.15) is 0 Å². The van der Waals surface area contributed by atoms with Crippen molar-refractivity contribution in [3.63, 3.8) is 0 Å². The second kappa shape index (κ2) is 5.64. The number of amides is 1. The van der Waals surface area contributed by atoms with Crippen LogP contribution in [0.15, 0.2) is 24.3 Å². The molecule has 0 bridgehead atoms. The van der Waals surface area contributed by atoms with Gasteiger partial charge in [0.05, 0.1) is 28.8 Å². The zero-order valence-corrected chi connectivity index (χ0v) is 14.6. The lowest BCUT2D eigenvalue weighted by Gasteiger charge is -2.23. The first-order valence-corrected chi connectivity index (χ1v) is 8.50. The molecule has 1 amide bonds. The number of hydrogen-bond donors (Lipinski definition) is 0. The van der Waals surface area contributed by atoms with E-state index in [0.29, 0.717) is 24.7 Å². The van der Waals surface area contributed by atoms with Gasteiger partial charge in [-0.1, -0.05) is 23.5 Å². The third kappa shape index (κ3) is 2.60. The maximum Gasteiger partial charge on any atom is 0.237 e. The number of benzene rings is 1. The van der Waals surface area contributed by atoms with Gasteiger partial charge in [0.2, 0.25) is 5.91 Å². The van der Waals surface area contributed by atoms with Gasteiger partial charge in [-0.25, -0.2) is 4.98 Å². The molecule has 1 heterocycles. The van der Waals surface area contributed by atoms with E-state index in [-0.39, 0.29) is 5.91 Å². The van der Waals surface area contributed by atoms with E-state index in [1.165, 1.54) is 11.3 Å². The standard InChI is InChI=1S/C15H16Cl2N2O2S/c1-14(9-15(14,16)17)12(20)19(7-8-21-2)13-18-10-5-3-4-6-11(10)22-13/h3-6H,7-9H2,1-2H3/t14-/m1/s1. The molecule has 1 aliphatic rings. The number of hydrogen-bond acceptors (Lipinski definition) is 4. The number of thiazole rings is 1. The quantitative estimate of drug-likeness (QED) is 0.762. The minimum absolute atomic E-state index is 0.103. The number of anilines is 1. The molecule has 1 fully saturated rings. The largest absolute Gasteiger partial charge is 0.383 e. The molecular weight excluding hydrogens is 343 g/mol. The number of alkyl halides is 2. The fraction of sp³-hybridized carbons (Fsp3) is 0.467. The molecule has 1 aromatic carbocycles. The minimum Gasteiger partial charge on any atom is -0.383 e. The molecular formula is C15H16Cl2N2O2S. The van der Waals surface area contributed by atoms with Crippen LogP contribution in [0.4, 0.5) is 5.13 Å². The Hall–Kier alpha value is -0.880. The summed E-state index contributed by atoms with van der Waals surface area (Å²) < 4.78 is 5.16. The van der Waals surface area contributed by atoms with Crippen molar-refractivity contribution < 1.29 is 9.53 Å². The summed E-state index contributed by atoms with van der Waals surface area (Å²) in [4.78, 5) is 19.1. The van der Waals surface area contributed by atoms with Crippen molar-refractivity contribution in [2.45, 2.75) is 17.7 Å². The van der Waals surface area contributed by atoms with Crippen LogP contribution in [0.3, 0.4) is 0 Å². The highest BCUT2D eigenvalue weighted by Gasteiger charge is 2.69. The number of rotatable bonds is 5. The van der Waals surface area contributed by atoms with E-state index >= 15 is 0 Å². The van der Waals surface area contributed by atoms with Gasteiger partial charge >= 0.3 is 0 Å². The zero-order valence-electron chi connectivity index (χ0n) is 12.3. The number of halogens is 2. The van der Waals surface area contributed by atoms with E-state index in [1.54, 1.807) is 18.9 Å². The molecule has 7 heteroatoms. The molecule has 0 radical (unpaired) electrons. The summed E-state index contributed by atoms with van der Waals surface area (Å²) in [6, 6.07) is 7.80. The summed E-state index contributed by atoms with van der Waals surface area (Å²) in [6.07, 6.45) is 0.455. The number of carbonyl (C=O) groups is 1. The number of carbonyl (C=O) groups excluding carboxylic acids is 1. The number of para-hydroxylation sites is 1. The summed E-state index contributed by atoms with van der Waals surface area (Å²) in [6.45, 7) is 2.65. The van der Waals surface area contributed by atoms with Gasteiger partial charge in [0, 0.05) is 7.11 Å². The molecule has 0 unspecified atom stereocenters. The van der Waals surface area contributed by atoms with Crippen molar-refractivity contribution >= 4 is 55.8 Å². The highest BCUT2D eigenvalue weighted by atomic mass is 35.5. The summed E-state index contributed by atoms with van der Waals surface area (Å²) in [5, 5.41) is 0.653. The molecule has 1 saturated carbocycles. The van der Waals surface area contributed by atoms with Gasteiger partial charge in [-0.05, 0) is 25.5 Å². The van der Waals surface area contributed by atoms with Gasteiger partial charge in [0.25, 0.3) is 0 Å². The molecule has 4 nitrogen and oxygen atoms in total. The Labute approximate surface area is 143 Å². The first-order chi connectivity index (χ1) is 10.4. The van der Waals surface area contributed by atoms with Crippen LogP contribution in [0.1, 0.15) is 13.3 Å². The van der Waals surface area contributed by atoms with Crippen molar-refractivity contribution in [3.8, 4) is 0 Å².